The van der Waals surface area contributed by atoms with Crippen molar-refractivity contribution in [1.82, 2.24) is 10.0 Å². The molecule has 2 aliphatic heterocycles. The molecule has 2 saturated heterocycles. The third-order valence-electron chi connectivity index (χ3n) is 5.12. The summed E-state index contributed by atoms with van der Waals surface area (Å²) in [7, 11) is 0. The van der Waals surface area contributed by atoms with Crippen LogP contribution in [-0.4, -0.2) is 53.1 Å². The summed E-state index contributed by atoms with van der Waals surface area (Å²) in [5.74, 6) is -1.57. The average molecular weight is 361 g/mol. The number of carbonyl (C=O) groups is 2. The third-order valence-corrected chi connectivity index (χ3v) is 5.12. The number of hydrazine groups is 1. The second kappa shape index (κ2) is 6.68. The van der Waals surface area contributed by atoms with Crippen LogP contribution >= 0.6 is 0 Å². The normalized spacial score (nSPS) is 19.5. The van der Waals surface area contributed by atoms with Crippen molar-refractivity contribution in [1.29, 1.82) is 0 Å². The number of amides is 2. The predicted octanol–water partition coefficient (Wildman–Crippen LogP) is 1.21. The van der Waals surface area contributed by atoms with E-state index in [-0.39, 0.29) is 31.9 Å². The largest absolute Gasteiger partial charge is 0.403 e. The van der Waals surface area contributed by atoms with Crippen LogP contribution in [0, 0.1) is 17.0 Å². The van der Waals surface area contributed by atoms with Crippen molar-refractivity contribution >= 4 is 11.8 Å². The summed E-state index contributed by atoms with van der Waals surface area (Å²) < 4.78 is 5.31. The van der Waals surface area contributed by atoms with Gasteiger partial charge in [-0.25, -0.2) is 10.0 Å². The first kappa shape index (κ1) is 18.3. The number of hydrogen-bond acceptors (Lipinski definition) is 5. The Labute approximate surface area is 151 Å². The molecule has 8 heteroatoms. The molecule has 1 aromatic rings. The summed E-state index contributed by atoms with van der Waals surface area (Å²) in [4.78, 5) is 38.1. The van der Waals surface area contributed by atoms with Gasteiger partial charge in [0, 0.05) is 0 Å². The van der Waals surface area contributed by atoms with Crippen molar-refractivity contribution in [2.45, 2.75) is 39.2 Å². The van der Waals surface area contributed by atoms with Crippen LogP contribution in [0.2, 0.25) is 0 Å². The molecular formula is C18H23N3O5. The minimum Gasteiger partial charge on any atom is -0.378 e. The third kappa shape index (κ3) is 2.39. The smallest absolute Gasteiger partial charge is 0.378 e. The second-order valence-corrected chi connectivity index (χ2v) is 6.60. The molecule has 0 spiro atoms. The van der Waals surface area contributed by atoms with Gasteiger partial charge in [0.15, 0.2) is 0 Å². The highest BCUT2D eigenvalue weighted by Crippen LogP contribution is 2.41. The molecule has 140 valence electrons. The number of hydrogen-bond donors (Lipinski definition) is 0. The summed E-state index contributed by atoms with van der Waals surface area (Å²) in [6.07, 6.45) is 1.01. The van der Waals surface area contributed by atoms with Gasteiger partial charge in [-0.15, -0.1) is 0 Å². The first-order valence-electron chi connectivity index (χ1n) is 8.88. The van der Waals surface area contributed by atoms with E-state index in [1.807, 2.05) is 32.9 Å². The number of fused-ring (bicyclic) bond motifs is 1. The Hall–Kier alpha value is -2.48. The highest BCUT2D eigenvalue weighted by atomic mass is 16.6. The molecule has 2 heterocycles. The maximum atomic E-state index is 13.3. The maximum Gasteiger partial charge on any atom is 0.403 e. The summed E-state index contributed by atoms with van der Waals surface area (Å²) in [5, 5.41) is 14.7. The number of ether oxygens (including phenoxy) is 1. The minimum atomic E-state index is -2.40. The van der Waals surface area contributed by atoms with Crippen molar-refractivity contribution in [3.63, 3.8) is 0 Å². The molecule has 26 heavy (non-hydrogen) atoms. The van der Waals surface area contributed by atoms with E-state index in [0.717, 1.165) is 5.56 Å². The van der Waals surface area contributed by atoms with E-state index in [0.29, 0.717) is 24.0 Å². The molecule has 2 amide bonds. The van der Waals surface area contributed by atoms with Crippen LogP contribution in [-0.2, 0) is 32.7 Å². The molecule has 0 unspecified atom stereocenters. The van der Waals surface area contributed by atoms with Gasteiger partial charge in [-0.3, -0.25) is 19.7 Å². The fourth-order valence-electron chi connectivity index (χ4n) is 3.96. The first-order valence-corrected chi connectivity index (χ1v) is 8.88. The van der Waals surface area contributed by atoms with Gasteiger partial charge in [-0.1, -0.05) is 31.5 Å². The van der Waals surface area contributed by atoms with Gasteiger partial charge in [0.25, 0.3) is 0 Å². The molecule has 2 fully saturated rings. The van der Waals surface area contributed by atoms with E-state index in [1.165, 1.54) is 10.0 Å². The van der Waals surface area contributed by atoms with Gasteiger partial charge in [0.1, 0.15) is 0 Å². The van der Waals surface area contributed by atoms with Crippen LogP contribution in [0.5, 0.6) is 0 Å². The Bertz CT molecular complexity index is 727. The zero-order chi connectivity index (χ0) is 19.1. The molecular weight excluding hydrogens is 338 g/mol. The molecule has 0 radical (unpaired) electrons. The number of aryl methyl sites for hydroxylation is 3. The van der Waals surface area contributed by atoms with Gasteiger partial charge in [-0.05, 0) is 30.9 Å². The van der Waals surface area contributed by atoms with E-state index in [1.54, 1.807) is 0 Å². The van der Waals surface area contributed by atoms with Gasteiger partial charge in [0.2, 0.25) is 0 Å². The minimum absolute atomic E-state index is 0.134. The highest BCUT2D eigenvalue weighted by molar-refractivity contribution is 6.13. The summed E-state index contributed by atoms with van der Waals surface area (Å²) in [6.45, 7) is 6.43. The molecule has 8 nitrogen and oxygen atoms in total. The molecule has 0 atom stereocenters. The quantitative estimate of drug-likeness (QED) is 0.456. The van der Waals surface area contributed by atoms with Crippen molar-refractivity contribution in [2.24, 2.45) is 0 Å². The van der Waals surface area contributed by atoms with Crippen LogP contribution in [0.3, 0.4) is 0 Å². The van der Waals surface area contributed by atoms with Crippen molar-refractivity contribution in [3.8, 4) is 0 Å². The monoisotopic (exact) mass is 361 g/mol. The number of nitro groups is 1. The summed E-state index contributed by atoms with van der Waals surface area (Å²) >= 11 is 0. The second-order valence-electron chi connectivity index (χ2n) is 6.60. The maximum absolute atomic E-state index is 13.3. The first-order chi connectivity index (χ1) is 12.4. The van der Waals surface area contributed by atoms with Crippen LogP contribution < -0.4 is 0 Å². The SMILES string of the molecule is CCc1cc(C)cc(CC)c1C1([N+](=O)[O-])C(=O)N2CCOCCN2C1=O. The molecule has 0 N–H and O–H groups in total. The molecule has 0 saturated carbocycles. The number of rotatable bonds is 4. The zero-order valence-electron chi connectivity index (χ0n) is 15.3. The predicted molar refractivity (Wildman–Crippen MR) is 92.9 cm³/mol. The van der Waals surface area contributed by atoms with E-state index in [2.05, 4.69) is 0 Å². The number of carbonyl (C=O) groups excluding carboxylic acids is 2. The molecule has 3 rings (SSSR count). The lowest BCUT2D eigenvalue weighted by molar-refractivity contribution is -0.543. The van der Waals surface area contributed by atoms with Crippen molar-refractivity contribution in [3.05, 3.63) is 44.5 Å². The molecule has 0 aromatic heterocycles. The fraction of sp³-hybridized carbons (Fsp3) is 0.556. The van der Waals surface area contributed by atoms with Crippen LogP contribution in [0.15, 0.2) is 12.1 Å². The van der Waals surface area contributed by atoms with Gasteiger partial charge >= 0.3 is 17.4 Å². The topological polar surface area (TPSA) is 93.0 Å². The Morgan fingerprint density at radius 2 is 1.54 bits per heavy atom. The van der Waals surface area contributed by atoms with Crippen LogP contribution in [0.1, 0.15) is 36.1 Å². The Morgan fingerprint density at radius 1 is 1.08 bits per heavy atom. The molecule has 0 bridgehead atoms. The van der Waals surface area contributed by atoms with E-state index in [4.69, 9.17) is 4.74 Å². The van der Waals surface area contributed by atoms with Crippen LogP contribution in [0.4, 0.5) is 0 Å². The standard InChI is InChI=1S/C18H23N3O5/c1-4-13-10-12(3)11-14(5-2)15(13)18(21(24)25)16(22)19-6-8-26-9-7-20(19)17(18)23/h10-11H,4-9H2,1-3H3. The van der Waals surface area contributed by atoms with Crippen molar-refractivity contribution in [2.75, 3.05) is 26.3 Å². The zero-order valence-corrected chi connectivity index (χ0v) is 15.3. The summed E-state index contributed by atoms with van der Waals surface area (Å²) in [5.41, 5.74) is 0.164. The Balaban J connectivity index is 2.30. The van der Waals surface area contributed by atoms with E-state index < -0.39 is 22.3 Å². The number of benzene rings is 1. The van der Waals surface area contributed by atoms with E-state index in [9.17, 15) is 19.7 Å². The van der Waals surface area contributed by atoms with Crippen molar-refractivity contribution < 1.29 is 19.2 Å². The lowest BCUT2D eigenvalue weighted by atomic mass is 9.80. The van der Waals surface area contributed by atoms with E-state index >= 15 is 0 Å². The Morgan fingerprint density at radius 3 is 1.92 bits per heavy atom. The van der Waals surface area contributed by atoms with Gasteiger partial charge in [0.05, 0.1) is 36.8 Å². The van der Waals surface area contributed by atoms with Gasteiger partial charge in [-0.2, -0.15) is 0 Å². The van der Waals surface area contributed by atoms with Crippen LogP contribution in [0.25, 0.3) is 0 Å². The lowest BCUT2D eigenvalue weighted by Gasteiger charge is -2.23. The lowest BCUT2D eigenvalue weighted by Crippen LogP contribution is -2.50. The number of nitrogens with zero attached hydrogens (tertiary/aromatic N) is 3. The fourth-order valence-corrected chi connectivity index (χ4v) is 3.96. The molecule has 1 aromatic carbocycles. The molecule has 2 aliphatic rings. The molecule has 0 aliphatic carbocycles. The Kier molecular flexibility index (Phi) is 4.70. The highest BCUT2D eigenvalue weighted by Gasteiger charge is 2.71. The average Bonchev–Trinajstić information content (AvgIpc) is 2.79. The summed E-state index contributed by atoms with van der Waals surface area (Å²) in [6, 6.07) is 3.67. The van der Waals surface area contributed by atoms with Gasteiger partial charge < -0.3 is 4.74 Å².